The van der Waals surface area contributed by atoms with Gasteiger partial charge in [0.05, 0.1) is 13.2 Å². The zero-order valence-electron chi connectivity index (χ0n) is 12.7. The lowest BCUT2D eigenvalue weighted by atomic mass is 10.3. The van der Waals surface area contributed by atoms with Crippen molar-refractivity contribution in [3.8, 4) is 5.75 Å². The van der Waals surface area contributed by atoms with Crippen molar-refractivity contribution >= 4 is 11.6 Å². The molecule has 1 amide bonds. The van der Waals surface area contributed by atoms with Crippen LogP contribution < -0.4 is 10.1 Å². The summed E-state index contributed by atoms with van der Waals surface area (Å²) in [7, 11) is 0. The summed E-state index contributed by atoms with van der Waals surface area (Å²) in [6.07, 6.45) is 4.52. The van der Waals surface area contributed by atoms with E-state index in [1.54, 1.807) is 12.2 Å². The van der Waals surface area contributed by atoms with Gasteiger partial charge in [-0.05, 0) is 30.7 Å². The Hall–Kier alpha value is -2.07. The molecule has 0 aromatic heterocycles. The van der Waals surface area contributed by atoms with Crippen molar-refractivity contribution in [1.29, 1.82) is 0 Å². The highest BCUT2D eigenvalue weighted by molar-refractivity contribution is 5.92. The van der Waals surface area contributed by atoms with E-state index >= 15 is 0 Å². The molecule has 21 heavy (non-hydrogen) atoms. The van der Waals surface area contributed by atoms with Crippen LogP contribution in [-0.2, 0) is 4.79 Å². The minimum atomic E-state index is -0.0547. The number of hydrogen-bond acceptors (Lipinski definition) is 3. The molecule has 0 spiro atoms. The van der Waals surface area contributed by atoms with Crippen LogP contribution in [0, 0.1) is 0 Å². The molecule has 4 nitrogen and oxygen atoms in total. The smallest absolute Gasteiger partial charge is 0.238 e. The van der Waals surface area contributed by atoms with Gasteiger partial charge in [-0.25, -0.2) is 0 Å². The summed E-state index contributed by atoms with van der Waals surface area (Å²) in [6, 6.07) is 7.40. The Morgan fingerprint density at radius 1 is 1.24 bits per heavy atom. The lowest BCUT2D eigenvalue weighted by Crippen LogP contribution is -2.33. The summed E-state index contributed by atoms with van der Waals surface area (Å²) < 4.78 is 5.50. The number of anilines is 1. The lowest BCUT2D eigenvalue weighted by Gasteiger charge is -2.18. The van der Waals surface area contributed by atoms with Crippen molar-refractivity contribution in [3.05, 3.63) is 49.6 Å². The third kappa shape index (κ3) is 6.77. The molecule has 114 valence electrons. The van der Waals surface area contributed by atoms with Gasteiger partial charge in [0.25, 0.3) is 0 Å². The maximum Gasteiger partial charge on any atom is 0.238 e. The summed E-state index contributed by atoms with van der Waals surface area (Å²) in [5, 5.41) is 2.87. The van der Waals surface area contributed by atoms with E-state index in [2.05, 4.69) is 25.4 Å². The zero-order valence-corrected chi connectivity index (χ0v) is 12.7. The van der Waals surface area contributed by atoms with E-state index in [1.165, 1.54) is 0 Å². The Balaban J connectivity index is 2.49. The van der Waals surface area contributed by atoms with Crippen LogP contribution in [0.4, 0.5) is 5.69 Å². The number of amides is 1. The van der Waals surface area contributed by atoms with Crippen LogP contribution in [-0.4, -0.2) is 37.0 Å². The van der Waals surface area contributed by atoms with E-state index in [-0.39, 0.29) is 5.91 Å². The Bertz CT molecular complexity index is 444. The second-order valence-corrected chi connectivity index (χ2v) is 4.69. The monoisotopic (exact) mass is 288 g/mol. The second-order valence-electron chi connectivity index (χ2n) is 4.69. The Labute approximate surface area is 127 Å². The number of hydrogen-bond donors (Lipinski definition) is 1. The highest BCUT2D eigenvalue weighted by atomic mass is 16.5. The number of carbonyl (C=O) groups excluding carboxylic acids is 1. The quantitative estimate of drug-likeness (QED) is 0.673. The molecule has 0 radical (unpaired) electrons. The minimum absolute atomic E-state index is 0.0547. The zero-order chi connectivity index (χ0) is 15.5. The number of rotatable bonds is 10. The van der Waals surface area contributed by atoms with Crippen LogP contribution in [0.1, 0.15) is 13.3 Å². The third-order valence-corrected chi connectivity index (χ3v) is 2.75. The normalized spacial score (nSPS) is 10.2. The molecule has 1 rings (SSSR count). The average molecular weight is 288 g/mol. The first-order valence-electron chi connectivity index (χ1n) is 7.16. The first-order valence-corrected chi connectivity index (χ1v) is 7.16. The van der Waals surface area contributed by atoms with Crippen molar-refractivity contribution in [2.75, 3.05) is 31.6 Å². The number of benzene rings is 1. The first kappa shape index (κ1) is 17.0. The molecule has 1 aromatic carbocycles. The van der Waals surface area contributed by atoms with Crippen molar-refractivity contribution in [3.63, 3.8) is 0 Å². The molecular weight excluding hydrogens is 264 g/mol. The summed E-state index contributed by atoms with van der Waals surface area (Å²) >= 11 is 0. The summed E-state index contributed by atoms with van der Waals surface area (Å²) in [4.78, 5) is 13.9. The van der Waals surface area contributed by atoms with Gasteiger partial charge < -0.3 is 10.1 Å². The fraction of sp³-hybridized carbons (Fsp3) is 0.353. The third-order valence-electron chi connectivity index (χ3n) is 2.75. The number of ether oxygens (including phenoxy) is 1. The maximum absolute atomic E-state index is 12.0. The van der Waals surface area contributed by atoms with Gasteiger partial charge in [0.15, 0.2) is 0 Å². The predicted molar refractivity (Wildman–Crippen MR) is 87.7 cm³/mol. The topological polar surface area (TPSA) is 41.6 Å². The molecule has 0 aliphatic carbocycles. The number of nitrogens with zero attached hydrogens (tertiary/aromatic N) is 1. The van der Waals surface area contributed by atoms with Crippen molar-refractivity contribution in [1.82, 2.24) is 4.90 Å². The van der Waals surface area contributed by atoms with Gasteiger partial charge in [-0.2, -0.15) is 0 Å². The van der Waals surface area contributed by atoms with Gasteiger partial charge in [-0.1, -0.05) is 19.1 Å². The Morgan fingerprint density at radius 3 is 2.38 bits per heavy atom. The van der Waals surface area contributed by atoms with Crippen molar-refractivity contribution in [2.24, 2.45) is 0 Å². The summed E-state index contributed by atoms with van der Waals surface area (Å²) in [5.41, 5.74) is 0.765. The van der Waals surface area contributed by atoms with Crippen LogP contribution in [0.3, 0.4) is 0 Å². The fourth-order valence-corrected chi connectivity index (χ4v) is 1.83. The highest BCUT2D eigenvalue weighted by Crippen LogP contribution is 2.15. The van der Waals surface area contributed by atoms with Gasteiger partial charge in [0, 0.05) is 18.8 Å². The standard InChI is InChI=1S/C17H24N2O2/c1-4-11-19(12-5-2)14-17(20)18-15-7-9-16(10-8-15)21-13-6-3/h4-5,7-10H,1-2,6,11-14H2,3H3,(H,18,20). The number of carbonyl (C=O) groups is 1. The Kier molecular flexibility index (Phi) is 7.90. The molecule has 0 bridgehead atoms. The Morgan fingerprint density at radius 2 is 1.86 bits per heavy atom. The van der Waals surface area contributed by atoms with Gasteiger partial charge in [-0.15, -0.1) is 13.2 Å². The van der Waals surface area contributed by atoms with E-state index < -0.39 is 0 Å². The van der Waals surface area contributed by atoms with E-state index in [0.717, 1.165) is 17.9 Å². The van der Waals surface area contributed by atoms with Crippen LogP contribution in [0.5, 0.6) is 5.75 Å². The predicted octanol–water partition coefficient (Wildman–Crippen LogP) is 3.09. The molecule has 1 aromatic rings. The van der Waals surface area contributed by atoms with Crippen LogP contribution >= 0.6 is 0 Å². The molecule has 0 atom stereocenters. The van der Waals surface area contributed by atoms with Gasteiger partial charge in [-0.3, -0.25) is 9.69 Å². The van der Waals surface area contributed by atoms with Gasteiger partial charge >= 0.3 is 0 Å². The van der Waals surface area contributed by atoms with Crippen molar-refractivity contribution < 1.29 is 9.53 Å². The van der Waals surface area contributed by atoms with Crippen LogP contribution in [0.25, 0.3) is 0 Å². The largest absolute Gasteiger partial charge is 0.494 e. The lowest BCUT2D eigenvalue weighted by molar-refractivity contribution is -0.117. The summed E-state index contributed by atoms with van der Waals surface area (Å²) in [5.74, 6) is 0.760. The second kappa shape index (κ2) is 9.77. The molecule has 0 aliphatic heterocycles. The molecule has 1 N–H and O–H groups in total. The molecule has 0 unspecified atom stereocenters. The van der Waals surface area contributed by atoms with E-state index in [1.807, 2.05) is 29.2 Å². The SMILES string of the molecule is C=CCN(CC=C)CC(=O)Nc1ccc(OCCC)cc1. The van der Waals surface area contributed by atoms with Gasteiger partial charge in [0.2, 0.25) is 5.91 Å². The summed E-state index contributed by atoms with van der Waals surface area (Å²) in [6.45, 7) is 11.8. The van der Waals surface area contributed by atoms with Gasteiger partial charge in [0.1, 0.15) is 5.75 Å². The van der Waals surface area contributed by atoms with E-state index in [0.29, 0.717) is 26.2 Å². The number of nitrogens with one attached hydrogen (secondary N) is 1. The minimum Gasteiger partial charge on any atom is -0.494 e. The highest BCUT2D eigenvalue weighted by Gasteiger charge is 2.08. The molecule has 0 saturated carbocycles. The maximum atomic E-state index is 12.0. The molecular formula is C17H24N2O2. The molecule has 0 aliphatic rings. The average Bonchev–Trinajstić information content (AvgIpc) is 2.47. The van der Waals surface area contributed by atoms with Crippen LogP contribution in [0.15, 0.2) is 49.6 Å². The van der Waals surface area contributed by atoms with Crippen molar-refractivity contribution in [2.45, 2.75) is 13.3 Å². The molecule has 0 heterocycles. The molecule has 0 saturated heterocycles. The molecule has 4 heteroatoms. The molecule has 0 fully saturated rings. The van der Waals surface area contributed by atoms with E-state index in [4.69, 9.17) is 4.74 Å². The van der Waals surface area contributed by atoms with Crippen LogP contribution in [0.2, 0.25) is 0 Å². The first-order chi connectivity index (χ1) is 10.2. The fourth-order valence-electron chi connectivity index (χ4n) is 1.83. The van der Waals surface area contributed by atoms with E-state index in [9.17, 15) is 4.79 Å².